The van der Waals surface area contributed by atoms with Crippen LogP contribution in [-0.2, 0) is 9.84 Å². The molecular formula is C13H21NO3S. The smallest absolute Gasteiger partial charge is 0.148 e. The van der Waals surface area contributed by atoms with E-state index in [-0.39, 0.29) is 23.6 Å². The number of phenols is 1. The van der Waals surface area contributed by atoms with Crippen molar-refractivity contribution in [3.8, 4) is 5.75 Å². The lowest BCUT2D eigenvalue weighted by atomic mass is 10.0. The molecule has 18 heavy (non-hydrogen) atoms. The fraction of sp³-hybridized carbons (Fsp3) is 0.538. The molecule has 0 aliphatic carbocycles. The minimum atomic E-state index is -2.99. The van der Waals surface area contributed by atoms with Crippen molar-refractivity contribution in [3.63, 3.8) is 0 Å². The van der Waals surface area contributed by atoms with Gasteiger partial charge >= 0.3 is 0 Å². The third kappa shape index (κ3) is 4.66. The zero-order valence-electron chi connectivity index (χ0n) is 11.1. The lowest BCUT2D eigenvalue weighted by Crippen LogP contribution is -2.35. The van der Waals surface area contributed by atoms with Crippen LogP contribution in [0.1, 0.15) is 31.9 Å². The topological polar surface area (TPSA) is 66.4 Å². The molecule has 1 aromatic rings. The van der Waals surface area contributed by atoms with Gasteiger partial charge in [0.1, 0.15) is 15.6 Å². The Morgan fingerprint density at radius 2 is 1.94 bits per heavy atom. The van der Waals surface area contributed by atoms with Crippen LogP contribution < -0.4 is 5.32 Å². The van der Waals surface area contributed by atoms with Gasteiger partial charge in [0, 0.05) is 23.9 Å². The number of aromatic hydroxyl groups is 1. The van der Waals surface area contributed by atoms with Crippen molar-refractivity contribution in [2.24, 2.45) is 0 Å². The zero-order valence-corrected chi connectivity index (χ0v) is 11.9. The van der Waals surface area contributed by atoms with Crippen LogP contribution in [0.2, 0.25) is 0 Å². The van der Waals surface area contributed by atoms with Gasteiger partial charge in [0.25, 0.3) is 0 Å². The molecule has 0 heterocycles. The molecule has 2 atom stereocenters. The highest BCUT2D eigenvalue weighted by molar-refractivity contribution is 7.90. The van der Waals surface area contributed by atoms with E-state index in [9.17, 15) is 13.5 Å². The predicted molar refractivity (Wildman–Crippen MR) is 73.4 cm³/mol. The number of nitrogens with one attached hydrogen (secondary N) is 1. The summed E-state index contributed by atoms with van der Waals surface area (Å²) in [7, 11) is -2.99. The van der Waals surface area contributed by atoms with Crippen LogP contribution in [-0.4, -0.2) is 31.6 Å². The molecule has 0 saturated heterocycles. The maximum absolute atomic E-state index is 11.2. The monoisotopic (exact) mass is 271 g/mol. The molecule has 102 valence electrons. The van der Waals surface area contributed by atoms with Crippen molar-refractivity contribution in [2.45, 2.75) is 32.4 Å². The number of phenolic OH excluding ortho intramolecular Hbond substituents is 1. The Labute approximate surface area is 109 Å². The van der Waals surface area contributed by atoms with E-state index < -0.39 is 9.84 Å². The highest BCUT2D eigenvalue weighted by atomic mass is 32.2. The van der Waals surface area contributed by atoms with Gasteiger partial charge in [-0.2, -0.15) is 0 Å². The second-order valence-electron chi connectivity index (χ2n) is 4.68. The molecule has 5 heteroatoms. The zero-order chi connectivity index (χ0) is 13.8. The average molecular weight is 271 g/mol. The van der Waals surface area contributed by atoms with E-state index in [1.54, 1.807) is 12.1 Å². The van der Waals surface area contributed by atoms with Crippen LogP contribution in [0.15, 0.2) is 24.3 Å². The Balaban J connectivity index is 2.77. The highest BCUT2D eigenvalue weighted by Gasteiger charge is 2.17. The molecule has 0 aliphatic heterocycles. The average Bonchev–Trinajstić information content (AvgIpc) is 2.24. The molecule has 0 fully saturated rings. The van der Waals surface area contributed by atoms with Crippen LogP contribution in [0.5, 0.6) is 5.75 Å². The van der Waals surface area contributed by atoms with E-state index in [0.29, 0.717) is 0 Å². The maximum atomic E-state index is 11.2. The Kier molecular flexibility index (Phi) is 5.16. The molecular weight excluding hydrogens is 250 g/mol. The molecule has 1 aromatic carbocycles. The second kappa shape index (κ2) is 6.20. The number of rotatable bonds is 6. The molecule has 2 unspecified atom stereocenters. The van der Waals surface area contributed by atoms with Crippen molar-refractivity contribution in [1.29, 1.82) is 0 Å². The fourth-order valence-electron chi connectivity index (χ4n) is 2.06. The largest absolute Gasteiger partial charge is 0.508 e. The van der Waals surface area contributed by atoms with E-state index in [2.05, 4.69) is 5.32 Å². The van der Waals surface area contributed by atoms with Gasteiger partial charge in [-0.25, -0.2) is 8.42 Å². The molecule has 2 N–H and O–H groups in total. The summed E-state index contributed by atoms with van der Waals surface area (Å²) in [6, 6.07) is 6.93. The lowest BCUT2D eigenvalue weighted by Gasteiger charge is -2.22. The summed E-state index contributed by atoms with van der Waals surface area (Å²) in [6.07, 6.45) is 2.01. The van der Waals surface area contributed by atoms with Gasteiger partial charge in [0.05, 0.1) is 5.75 Å². The number of sulfone groups is 1. The Hall–Kier alpha value is -1.07. The van der Waals surface area contributed by atoms with Gasteiger partial charge in [0.2, 0.25) is 0 Å². The standard InChI is InChI=1S/C13H21NO3S/c1-4-12(11-7-5-6-8-13(11)15)14-10(2)9-18(3,16)17/h5-8,10,12,14-15H,4,9H2,1-3H3. The summed E-state index contributed by atoms with van der Waals surface area (Å²) in [5, 5.41) is 13.0. The third-order valence-corrected chi connectivity index (χ3v) is 3.86. The summed E-state index contributed by atoms with van der Waals surface area (Å²) in [4.78, 5) is 0. The molecule has 0 aromatic heterocycles. The molecule has 1 rings (SSSR count). The number of hydrogen-bond donors (Lipinski definition) is 2. The van der Waals surface area contributed by atoms with Crippen LogP contribution >= 0.6 is 0 Å². The van der Waals surface area contributed by atoms with Crippen LogP contribution in [0, 0.1) is 0 Å². The minimum Gasteiger partial charge on any atom is -0.508 e. The van der Waals surface area contributed by atoms with Crippen molar-refractivity contribution < 1.29 is 13.5 Å². The first kappa shape index (κ1) is 15.0. The van der Waals surface area contributed by atoms with Crippen LogP contribution in [0.3, 0.4) is 0 Å². The van der Waals surface area contributed by atoms with Crippen molar-refractivity contribution in [1.82, 2.24) is 5.32 Å². The first-order valence-corrected chi connectivity index (χ1v) is 8.11. The number of para-hydroxylation sites is 1. The van der Waals surface area contributed by atoms with E-state index in [1.165, 1.54) is 6.26 Å². The number of benzene rings is 1. The first-order valence-electron chi connectivity index (χ1n) is 6.05. The van der Waals surface area contributed by atoms with E-state index in [0.717, 1.165) is 12.0 Å². The van der Waals surface area contributed by atoms with Crippen molar-refractivity contribution in [3.05, 3.63) is 29.8 Å². The highest BCUT2D eigenvalue weighted by Crippen LogP contribution is 2.26. The van der Waals surface area contributed by atoms with Crippen LogP contribution in [0.25, 0.3) is 0 Å². The maximum Gasteiger partial charge on any atom is 0.148 e. The molecule has 0 amide bonds. The summed E-state index contributed by atoms with van der Waals surface area (Å²) >= 11 is 0. The van der Waals surface area contributed by atoms with E-state index in [4.69, 9.17) is 0 Å². The van der Waals surface area contributed by atoms with E-state index >= 15 is 0 Å². The Morgan fingerprint density at radius 3 is 2.44 bits per heavy atom. The normalized spacial score (nSPS) is 15.3. The van der Waals surface area contributed by atoms with Crippen LogP contribution in [0.4, 0.5) is 0 Å². The third-order valence-electron chi connectivity index (χ3n) is 2.76. The fourth-order valence-corrected chi connectivity index (χ4v) is 3.06. The Bertz CT molecular complexity index is 485. The summed E-state index contributed by atoms with van der Waals surface area (Å²) < 4.78 is 22.5. The quantitative estimate of drug-likeness (QED) is 0.829. The van der Waals surface area contributed by atoms with Gasteiger partial charge < -0.3 is 10.4 Å². The van der Waals surface area contributed by atoms with Gasteiger partial charge in [-0.3, -0.25) is 0 Å². The summed E-state index contributed by atoms with van der Waals surface area (Å²) in [6.45, 7) is 3.83. The SMILES string of the molecule is CCC(NC(C)CS(C)(=O)=O)c1ccccc1O. The van der Waals surface area contributed by atoms with Gasteiger partial charge in [-0.1, -0.05) is 25.1 Å². The second-order valence-corrected chi connectivity index (χ2v) is 6.86. The predicted octanol–water partition coefficient (Wildman–Crippen LogP) is 1.87. The summed E-state index contributed by atoms with van der Waals surface area (Å²) in [5.74, 6) is 0.334. The van der Waals surface area contributed by atoms with Gasteiger partial charge in [-0.05, 0) is 19.4 Å². The molecule has 4 nitrogen and oxygen atoms in total. The number of hydrogen-bond acceptors (Lipinski definition) is 4. The van der Waals surface area contributed by atoms with Crippen molar-refractivity contribution >= 4 is 9.84 Å². The van der Waals surface area contributed by atoms with Crippen molar-refractivity contribution in [2.75, 3.05) is 12.0 Å². The molecule has 0 aliphatic rings. The lowest BCUT2D eigenvalue weighted by molar-refractivity contribution is 0.424. The Morgan fingerprint density at radius 1 is 1.33 bits per heavy atom. The molecule has 0 radical (unpaired) electrons. The van der Waals surface area contributed by atoms with Gasteiger partial charge in [0.15, 0.2) is 0 Å². The minimum absolute atomic E-state index is 0.0389. The van der Waals surface area contributed by atoms with E-state index in [1.807, 2.05) is 26.0 Å². The van der Waals surface area contributed by atoms with Gasteiger partial charge in [-0.15, -0.1) is 0 Å². The summed E-state index contributed by atoms with van der Waals surface area (Å²) in [5.41, 5.74) is 0.806. The molecule has 0 saturated carbocycles. The molecule has 0 spiro atoms. The molecule has 0 bridgehead atoms. The first-order chi connectivity index (χ1) is 8.33.